The summed E-state index contributed by atoms with van der Waals surface area (Å²) in [5.41, 5.74) is 2.06. The normalized spacial score (nSPS) is 29.7. The van der Waals surface area contributed by atoms with E-state index in [1.54, 1.807) is 0 Å². The highest BCUT2D eigenvalue weighted by molar-refractivity contribution is 5.57. The van der Waals surface area contributed by atoms with Gasteiger partial charge in [-0.15, -0.1) is 0 Å². The fourth-order valence-corrected chi connectivity index (χ4v) is 7.51. The Labute approximate surface area is 221 Å². The third-order valence-corrected chi connectivity index (χ3v) is 9.64. The van der Waals surface area contributed by atoms with Crippen LogP contribution in [0.3, 0.4) is 0 Å². The van der Waals surface area contributed by atoms with Crippen LogP contribution in [0.4, 0.5) is 17.5 Å². The van der Waals surface area contributed by atoms with Gasteiger partial charge in [0.25, 0.3) is 0 Å². The Morgan fingerprint density at radius 2 is 1.76 bits per heavy atom. The van der Waals surface area contributed by atoms with Gasteiger partial charge in [-0.05, 0) is 125 Å². The minimum absolute atomic E-state index is 0.318. The van der Waals surface area contributed by atoms with E-state index in [-0.39, 0.29) is 0 Å². The average molecular weight is 506 g/mol. The van der Waals surface area contributed by atoms with Crippen molar-refractivity contribution in [3.63, 3.8) is 0 Å². The van der Waals surface area contributed by atoms with Crippen LogP contribution in [0, 0.1) is 36.5 Å². The Balaban J connectivity index is 1.01. The second-order valence-corrected chi connectivity index (χ2v) is 12.1. The maximum Gasteiger partial charge on any atom is 0.229 e. The quantitative estimate of drug-likeness (QED) is 0.430. The van der Waals surface area contributed by atoms with Crippen LogP contribution >= 0.6 is 0 Å². The molecule has 7 nitrogen and oxygen atoms in total. The number of aliphatic hydroxyl groups is 1. The topological polar surface area (TPSA) is 82.5 Å². The van der Waals surface area contributed by atoms with Crippen molar-refractivity contribution in [1.82, 2.24) is 14.9 Å². The molecule has 3 N–H and O–H groups in total. The predicted molar refractivity (Wildman–Crippen MR) is 147 cm³/mol. The van der Waals surface area contributed by atoms with Crippen molar-refractivity contribution in [3.05, 3.63) is 36.0 Å². The summed E-state index contributed by atoms with van der Waals surface area (Å²) in [5, 5.41) is 16.5. The molecule has 2 heterocycles. The molecule has 3 aliphatic carbocycles. The van der Waals surface area contributed by atoms with Gasteiger partial charge >= 0.3 is 0 Å². The molecule has 0 radical (unpaired) electrons. The molecular weight excluding hydrogens is 462 g/mol. The fraction of sp³-hybridized carbons (Fsp3) is 0.667. The highest BCUT2D eigenvalue weighted by Crippen LogP contribution is 2.53. The number of piperidine rings is 1. The third kappa shape index (κ3) is 5.88. The number of likely N-dealkylation sites (tertiary alicyclic amines) is 1. The first kappa shape index (κ1) is 24.9. The number of hydrogen-bond donors (Lipinski definition) is 3. The Kier molecular flexibility index (Phi) is 7.52. The second-order valence-electron chi connectivity index (χ2n) is 12.1. The van der Waals surface area contributed by atoms with Gasteiger partial charge in [0.15, 0.2) is 0 Å². The van der Waals surface area contributed by atoms with Gasteiger partial charge in [-0.2, -0.15) is 4.98 Å². The standard InChI is InChI=1S/C30H43N5O2/c1-20-18-31-30(34-29(20)33-28-7-2-23-14-22-15-24(23)17-25(28)16-22)32-26-3-5-27(6-4-26)37-13-12-35-10-8-21(19-36)9-11-35/h3-6,18,21-25,28,36H,2,7-17,19H2,1H3,(H2,31,32,33,34). The number of aromatic nitrogens is 2. The number of nitrogens with zero attached hydrogens (tertiary/aromatic N) is 3. The molecule has 0 spiro atoms. The van der Waals surface area contributed by atoms with Gasteiger partial charge in [-0.25, -0.2) is 4.98 Å². The van der Waals surface area contributed by atoms with Gasteiger partial charge in [0.1, 0.15) is 18.2 Å². The number of ether oxygens (including phenoxy) is 1. The molecule has 1 aliphatic heterocycles. The summed E-state index contributed by atoms with van der Waals surface area (Å²) in [6.07, 6.45) is 12.5. The smallest absolute Gasteiger partial charge is 0.229 e. The average Bonchev–Trinajstić information content (AvgIpc) is 3.15. The fourth-order valence-electron chi connectivity index (χ4n) is 7.51. The summed E-state index contributed by atoms with van der Waals surface area (Å²) in [6.45, 7) is 6.12. The maximum absolute atomic E-state index is 9.30. The first-order chi connectivity index (χ1) is 18.1. The highest BCUT2D eigenvalue weighted by Gasteiger charge is 2.45. The molecule has 3 saturated carbocycles. The zero-order chi connectivity index (χ0) is 25.2. The van der Waals surface area contributed by atoms with E-state index in [0.717, 1.165) is 79.0 Å². The van der Waals surface area contributed by atoms with Crippen molar-refractivity contribution < 1.29 is 9.84 Å². The molecule has 4 aliphatic rings. The van der Waals surface area contributed by atoms with Crippen molar-refractivity contribution in [3.8, 4) is 5.75 Å². The number of anilines is 3. The van der Waals surface area contributed by atoms with Gasteiger partial charge in [0.05, 0.1) is 0 Å². The number of hydrogen-bond acceptors (Lipinski definition) is 7. The number of rotatable bonds is 9. The number of fused-ring (bicyclic) bond motifs is 2. The van der Waals surface area contributed by atoms with E-state index in [1.807, 2.05) is 30.5 Å². The first-order valence-corrected chi connectivity index (χ1v) is 14.6. The lowest BCUT2D eigenvalue weighted by Gasteiger charge is -2.33. The number of nitrogens with one attached hydrogen (secondary N) is 2. The zero-order valence-electron chi connectivity index (χ0n) is 22.2. The molecule has 5 atom stereocenters. The molecule has 3 bridgehead atoms. The van der Waals surface area contributed by atoms with Gasteiger partial charge in [-0.1, -0.05) is 0 Å². The lowest BCUT2D eigenvalue weighted by atomic mass is 9.77. The molecule has 6 rings (SSSR count). The lowest BCUT2D eigenvalue weighted by Crippen LogP contribution is -2.37. The Hall–Kier alpha value is -2.38. The van der Waals surface area contributed by atoms with E-state index in [2.05, 4.69) is 27.4 Å². The lowest BCUT2D eigenvalue weighted by molar-refractivity contribution is 0.119. The highest BCUT2D eigenvalue weighted by atomic mass is 16.5. The summed E-state index contributed by atoms with van der Waals surface area (Å²) >= 11 is 0. The van der Waals surface area contributed by atoms with Gasteiger partial charge in [0.2, 0.25) is 5.95 Å². The van der Waals surface area contributed by atoms with Crippen molar-refractivity contribution in [2.24, 2.45) is 29.6 Å². The Bertz CT molecular complexity index is 1040. The van der Waals surface area contributed by atoms with Gasteiger partial charge in [-0.3, -0.25) is 4.90 Å². The monoisotopic (exact) mass is 505 g/mol. The summed E-state index contributed by atoms with van der Waals surface area (Å²) < 4.78 is 5.98. The minimum Gasteiger partial charge on any atom is -0.492 e. The van der Waals surface area contributed by atoms with Crippen LogP contribution in [0.1, 0.15) is 56.9 Å². The van der Waals surface area contributed by atoms with E-state index in [1.165, 1.54) is 38.5 Å². The molecule has 1 saturated heterocycles. The summed E-state index contributed by atoms with van der Waals surface area (Å²) in [5.74, 6) is 6.68. The van der Waals surface area contributed by atoms with Crippen molar-refractivity contribution in [2.75, 3.05) is 43.5 Å². The molecule has 1 aromatic heterocycles. The number of aliphatic hydroxyl groups excluding tert-OH is 1. The van der Waals surface area contributed by atoms with Crippen LogP contribution in [0.2, 0.25) is 0 Å². The van der Waals surface area contributed by atoms with Crippen LogP contribution in [0.15, 0.2) is 30.5 Å². The molecule has 7 heteroatoms. The molecule has 0 amide bonds. The number of aryl methyl sites for hydroxylation is 1. The third-order valence-electron chi connectivity index (χ3n) is 9.64. The van der Waals surface area contributed by atoms with E-state index in [4.69, 9.17) is 9.72 Å². The minimum atomic E-state index is 0.318. The summed E-state index contributed by atoms with van der Waals surface area (Å²) in [7, 11) is 0. The van der Waals surface area contributed by atoms with Crippen LogP contribution in [-0.2, 0) is 0 Å². The van der Waals surface area contributed by atoms with E-state index >= 15 is 0 Å². The van der Waals surface area contributed by atoms with Crippen LogP contribution < -0.4 is 15.4 Å². The summed E-state index contributed by atoms with van der Waals surface area (Å²) in [4.78, 5) is 11.8. The maximum atomic E-state index is 9.30. The zero-order valence-corrected chi connectivity index (χ0v) is 22.2. The molecule has 200 valence electrons. The number of benzene rings is 1. The van der Waals surface area contributed by atoms with E-state index < -0.39 is 0 Å². The summed E-state index contributed by atoms with van der Waals surface area (Å²) in [6, 6.07) is 8.60. The van der Waals surface area contributed by atoms with Crippen LogP contribution in [-0.4, -0.2) is 58.9 Å². The first-order valence-electron chi connectivity index (χ1n) is 14.6. The van der Waals surface area contributed by atoms with Gasteiger partial charge < -0.3 is 20.5 Å². The van der Waals surface area contributed by atoms with Crippen molar-refractivity contribution in [2.45, 2.75) is 64.3 Å². The SMILES string of the molecule is Cc1cnc(Nc2ccc(OCCN3CCC(CO)CC3)cc2)nc1NC1CCC2CC3CC2CC1C3. The molecule has 2 aromatic rings. The molecule has 4 fully saturated rings. The molecule has 37 heavy (non-hydrogen) atoms. The molecule has 1 aromatic carbocycles. The predicted octanol–water partition coefficient (Wildman–Crippen LogP) is 5.24. The van der Waals surface area contributed by atoms with Gasteiger partial charge in [0, 0.05) is 36.6 Å². The Morgan fingerprint density at radius 3 is 2.57 bits per heavy atom. The van der Waals surface area contributed by atoms with Crippen LogP contribution in [0.5, 0.6) is 5.75 Å². The van der Waals surface area contributed by atoms with E-state index in [9.17, 15) is 5.11 Å². The van der Waals surface area contributed by atoms with E-state index in [0.29, 0.717) is 31.1 Å². The second kappa shape index (κ2) is 11.2. The Morgan fingerprint density at radius 1 is 0.973 bits per heavy atom. The molecule has 5 unspecified atom stereocenters. The molecular formula is C30H43N5O2. The van der Waals surface area contributed by atoms with Crippen molar-refractivity contribution >= 4 is 17.5 Å². The van der Waals surface area contributed by atoms with Crippen LogP contribution in [0.25, 0.3) is 0 Å². The largest absolute Gasteiger partial charge is 0.492 e. The van der Waals surface area contributed by atoms with Crippen molar-refractivity contribution in [1.29, 1.82) is 0 Å².